The van der Waals surface area contributed by atoms with E-state index in [2.05, 4.69) is 4.98 Å². The quantitative estimate of drug-likeness (QED) is 0.813. The maximum Gasteiger partial charge on any atom is 0.326 e. The summed E-state index contributed by atoms with van der Waals surface area (Å²) in [5.74, 6) is -1.06. The number of hydrogen-bond acceptors (Lipinski definition) is 5. The number of carboxylic acids is 1. The zero-order chi connectivity index (χ0) is 14.9. The fraction of sp³-hybridized carbons (Fsp3) is 0.462. The summed E-state index contributed by atoms with van der Waals surface area (Å²) in [6.07, 6.45) is 0.211. The van der Waals surface area contributed by atoms with Crippen molar-refractivity contribution in [3.05, 3.63) is 23.4 Å². The van der Waals surface area contributed by atoms with Gasteiger partial charge in [0, 0.05) is 31.3 Å². The van der Waals surface area contributed by atoms with Gasteiger partial charge in [0.25, 0.3) is 0 Å². The fourth-order valence-corrected chi connectivity index (χ4v) is 2.40. The van der Waals surface area contributed by atoms with E-state index in [1.807, 2.05) is 0 Å². The molecular weight excluding hydrogens is 262 g/mol. The Kier molecular flexibility index (Phi) is 3.89. The van der Waals surface area contributed by atoms with Crippen LogP contribution < -0.4 is 10.6 Å². The van der Waals surface area contributed by atoms with Crippen LogP contribution in [0.1, 0.15) is 22.5 Å². The Balaban J connectivity index is 2.38. The zero-order valence-electron chi connectivity index (χ0n) is 11.4. The summed E-state index contributed by atoms with van der Waals surface area (Å²) in [5.41, 5.74) is 6.20. The molecule has 0 aliphatic carbocycles. The first kappa shape index (κ1) is 14.3. The van der Waals surface area contributed by atoms with Crippen LogP contribution in [0.4, 0.5) is 5.82 Å². The molecule has 1 aliphatic rings. The Labute approximate surface area is 116 Å². The van der Waals surface area contributed by atoms with Crippen molar-refractivity contribution in [1.82, 2.24) is 4.98 Å². The molecule has 0 spiro atoms. The Morgan fingerprint density at radius 3 is 2.75 bits per heavy atom. The Hall–Kier alpha value is -2.15. The maximum absolute atomic E-state index is 11.3. The van der Waals surface area contributed by atoms with Crippen molar-refractivity contribution in [2.45, 2.75) is 25.5 Å². The molecule has 20 heavy (non-hydrogen) atoms. The molecule has 2 rings (SSSR count). The number of primary amides is 1. The number of rotatable bonds is 4. The van der Waals surface area contributed by atoms with Crippen LogP contribution in [-0.4, -0.2) is 47.8 Å². The summed E-state index contributed by atoms with van der Waals surface area (Å²) >= 11 is 0. The van der Waals surface area contributed by atoms with Crippen molar-refractivity contribution < 1.29 is 19.4 Å². The summed E-state index contributed by atoms with van der Waals surface area (Å²) in [5, 5.41) is 9.29. The lowest BCUT2D eigenvalue weighted by molar-refractivity contribution is -0.138. The van der Waals surface area contributed by atoms with Crippen LogP contribution >= 0.6 is 0 Å². The molecule has 0 bridgehead atoms. The van der Waals surface area contributed by atoms with Crippen molar-refractivity contribution in [3.8, 4) is 0 Å². The molecule has 1 saturated heterocycles. The number of carbonyl (C=O) groups excluding carboxylic acids is 1. The van der Waals surface area contributed by atoms with Crippen molar-refractivity contribution >= 4 is 17.7 Å². The molecule has 108 valence electrons. The van der Waals surface area contributed by atoms with Gasteiger partial charge in [-0.15, -0.1) is 0 Å². The molecule has 2 heterocycles. The second-order valence-electron chi connectivity index (χ2n) is 4.82. The molecule has 0 radical (unpaired) electrons. The number of nitrogens with zero attached hydrogens (tertiary/aromatic N) is 2. The van der Waals surface area contributed by atoms with Crippen molar-refractivity contribution in [2.24, 2.45) is 5.73 Å². The van der Waals surface area contributed by atoms with Gasteiger partial charge < -0.3 is 20.5 Å². The number of hydrogen-bond donors (Lipinski definition) is 2. The topological polar surface area (TPSA) is 106 Å². The first-order chi connectivity index (χ1) is 9.42. The van der Waals surface area contributed by atoms with Gasteiger partial charge >= 0.3 is 5.97 Å². The molecule has 2 unspecified atom stereocenters. The fourth-order valence-electron chi connectivity index (χ4n) is 2.40. The van der Waals surface area contributed by atoms with Gasteiger partial charge in [-0.25, -0.2) is 9.78 Å². The van der Waals surface area contributed by atoms with Gasteiger partial charge in [-0.3, -0.25) is 4.79 Å². The third kappa shape index (κ3) is 2.72. The molecule has 2 atom stereocenters. The number of pyridine rings is 1. The van der Waals surface area contributed by atoms with E-state index in [-0.39, 0.29) is 6.10 Å². The Morgan fingerprint density at radius 2 is 2.20 bits per heavy atom. The van der Waals surface area contributed by atoms with Crippen LogP contribution in [-0.2, 0) is 9.53 Å². The predicted molar refractivity (Wildman–Crippen MR) is 71.7 cm³/mol. The summed E-state index contributed by atoms with van der Waals surface area (Å²) < 4.78 is 5.23. The number of aryl methyl sites for hydroxylation is 1. The first-order valence-electron chi connectivity index (χ1n) is 6.23. The van der Waals surface area contributed by atoms with Crippen LogP contribution in [0.3, 0.4) is 0 Å². The monoisotopic (exact) mass is 279 g/mol. The summed E-state index contributed by atoms with van der Waals surface area (Å²) in [6, 6.07) is 2.38. The molecule has 1 aromatic heterocycles. The molecule has 1 aromatic rings. The molecule has 0 saturated carbocycles. The normalized spacial score (nSPS) is 22.0. The third-order valence-electron chi connectivity index (χ3n) is 3.40. The molecule has 3 N–H and O–H groups in total. The number of nitrogens with two attached hydrogens (primary N) is 1. The standard InChI is InChI=1S/C13H17N3O4/c1-7-3-8(12(14)17)4-11(15-7)16-6-9(20-2)5-10(16)13(18)19/h3-4,9-10H,5-6H2,1-2H3,(H2,14,17)(H,18,19). The smallest absolute Gasteiger partial charge is 0.326 e. The number of carbonyl (C=O) groups is 2. The van der Waals surface area contributed by atoms with Gasteiger partial charge in [0.05, 0.1) is 6.10 Å². The van der Waals surface area contributed by atoms with Crippen LogP contribution in [0, 0.1) is 6.92 Å². The van der Waals surface area contributed by atoms with E-state index >= 15 is 0 Å². The SMILES string of the molecule is COC1CC(C(=O)O)N(c2cc(C(N)=O)cc(C)n2)C1. The van der Waals surface area contributed by atoms with E-state index in [0.717, 1.165) is 0 Å². The molecule has 1 aliphatic heterocycles. The van der Waals surface area contributed by atoms with Gasteiger partial charge in [0.1, 0.15) is 11.9 Å². The van der Waals surface area contributed by atoms with E-state index in [0.29, 0.717) is 30.0 Å². The number of methoxy groups -OCH3 is 1. The Morgan fingerprint density at radius 1 is 1.50 bits per heavy atom. The van der Waals surface area contributed by atoms with E-state index in [9.17, 15) is 14.7 Å². The lowest BCUT2D eigenvalue weighted by Gasteiger charge is -2.23. The highest BCUT2D eigenvalue weighted by Crippen LogP contribution is 2.26. The largest absolute Gasteiger partial charge is 0.480 e. The summed E-state index contributed by atoms with van der Waals surface area (Å²) in [4.78, 5) is 28.6. The van der Waals surface area contributed by atoms with Crippen molar-refractivity contribution in [1.29, 1.82) is 0 Å². The average molecular weight is 279 g/mol. The minimum absolute atomic E-state index is 0.171. The minimum Gasteiger partial charge on any atom is -0.480 e. The number of aromatic nitrogens is 1. The highest BCUT2D eigenvalue weighted by atomic mass is 16.5. The molecular formula is C13H17N3O4. The van der Waals surface area contributed by atoms with Crippen LogP contribution in [0.2, 0.25) is 0 Å². The second-order valence-corrected chi connectivity index (χ2v) is 4.82. The van der Waals surface area contributed by atoms with Crippen LogP contribution in [0.15, 0.2) is 12.1 Å². The second kappa shape index (κ2) is 5.46. The van der Waals surface area contributed by atoms with Crippen molar-refractivity contribution in [2.75, 3.05) is 18.6 Å². The molecule has 7 nitrogen and oxygen atoms in total. The number of aliphatic carboxylic acids is 1. The summed E-state index contributed by atoms with van der Waals surface area (Å²) in [6.45, 7) is 2.15. The highest BCUT2D eigenvalue weighted by Gasteiger charge is 2.38. The average Bonchev–Trinajstić information content (AvgIpc) is 2.82. The van der Waals surface area contributed by atoms with Gasteiger partial charge in [-0.1, -0.05) is 0 Å². The number of anilines is 1. The van der Waals surface area contributed by atoms with Crippen molar-refractivity contribution in [3.63, 3.8) is 0 Å². The highest BCUT2D eigenvalue weighted by molar-refractivity contribution is 5.93. The van der Waals surface area contributed by atoms with E-state index < -0.39 is 17.9 Å². The first-order valence-corrected chi connectivity index (χ1v) is 6.23. The van der Waals surface area contributed by atoms with Gasteiger partial charge in [0.15, 0.2) is 0 Å². The molecule has 1 amide bonds. The van der Waals surface area contributed by atoms with E-state index in [1.54, 1.807) is 25.0 Å². The third-order valence-corrected chi connectivity index (χ3v) is 3.40. The predicted octanol–water partition coefficient (Wildman–Crippen LogP) is 0.167. The maximum atomic E-state index is 11.3. The molecule has 1 fully saturated rings. The number of amides is 1. The van der Waals surface area contributed by atoms with Gasteiger partial charge in [-0.05, 0) is 19.1 Å². The molecule has 7 heteroatoms. The zero-order valence-corrected chi connectivity index (χ0v) is 11.4. The van der Waals surface area contributed by atoms with Crippen LogP contribution in [0.25, 0.3) is 0 Å². The lowest BCUT2D eigenvalue weighted by Crippen LogP contribution is -2.36. The Bertz CT molecular complexity index is 546. The number of ether oxygens (including phenoxy) is 1. The minimum atomic E-state index is -0.937. The lowest BCUT2D eigenvalue weighted by atomic mass is 10.2. The van der Waals surface area contributed by atoms with Crippen LogP contribution in [0.5, 0.6) is 0 Å². The number of carboxylic acid groups (broad SMARTS) is 1. The molecule has 0 aromatic carbocycles. The van der Waals surface area contributed by atoms with E-state index in [1.165, 1.54) is 6.07 Å². The summed E-state index contributed by atoms with van der Waals surface area (Å²) in [7, 11) is 1.55. The van der Waals surface area contributed by atoms with Gasteiger partial charge in [0.2, 0.25) is 5.91 Å². The van der Waals surface area contributed by atoms with Gasteiger partial charge in [-0.2, -0.15) is 0 Å². The van der Waals surface area contributed by atoms with E-state index in [4.69, 9.17) is 10.5 Å².